The fraction of sp³-hybridized carbons (Fsp3) is 0.833. The zero-order valence-corrected chi connectivity index (χ0v) is 9.62. The fourth-order valence-electron chi connectivity index (χ4n) is 1.49. The van der Waals surface area contributed by atoms with E-state index in [9.17, 15) is 0 Å². The Labute approximate surface area is 92.1 Å². The van der Waals surface area contributed by atoms with Crippen LogP contribution in [0.15, 0.2) is 0 Å². The van der Waals surface area contributed by atoms with Crippen molar-refractivity contribution in [3.8, 4) is 12.3 Å². The van der Waals surface area contributed by atoms with Gasteiger partial charge in [-0.15, -0.1) is 12.3 Å². The van der Waals surface area contributed by atoms with Crippen molar-refractivity contribution >= 4 is 0 Å². The molecule has 0 aliphatic carbocycles. The van der Waals surface area contributed by atoms with Crippen LogP contribution in [0.4, 0.5) is 0 Å². The van der Waals surface area contributed by atoms with E-state index in [2.05, 4.69) is 5.92 Å². The maximum atomic E-state index is 5.60. The molecule has 1 heterocycles. The highest BCUT2D eigenvalue weighted by Crippen LogP contribution is 2.22. The highest BCUT2D eigenvalue weighted by Gasteiger charge is 2.32. The summed E-state index contributed by atoms with van der Waals surface area (Å²) in [6.45, 7) is 5.82. The second-order valence-electron chi connectivity index (χ2n) is 4.19. The van der Waals surface area contributed by atoms with Crippen molar-refractivity contribution in [3.05, 3.63) is 0 Å². The highest BCUT2D eigenvalue weighted by atomic mass is 16.7. The molecule has 0 aromatic carbocycles. The van der Waals surface area contributed by atoms with Gasteiger partial charge < -0.3 is 14.2 Å². The highest BCUT2D eigenvalue weighted by molar-refractivity contribution is 4.82. The molecule has 1 saturated heterocycles. The standard InChI is InChI=1S/C12H20O3/c1-4-5-6-7-8-13-9-11-10-14-12(2,3)15-11/h1,11H,5-10H2,2-3H3. The van der Waals surface area contributed by atoms with Gasteiger partial charge in [0.1, 0.15) is 6.10 Å². The molecule has 0 aromatic heterocycles. The van der Waals surface area contributed by atoms with Crippen molar-refractivity contribution in [1.29, 1.82) is 0 Å². The van der Waals surface area contributed by atoms with Crippen molar-refractivity contribution < 1.29 is 14.2 Å². The third kappa shape index (κ3) is 5.17. The number of terminal acetylenes is 1. The molecule has 1 aliphatic rings. The molecule has 86 valence electrons. The van der Waals surface area contributed by atoms with E-state index in [1.807, 2.05) is 13.8 Å². The molecular weight excluding hydrogens is 192 g/mol. The van der Waals surface area contributed by atoms with Gasteiger partial charge in [-0.2, -0.15) is 0 Å². The van der Waals surface area contributed by atoms with E-state index >= 15 is 0 Å². The van der Waals surface area contributed by atoms with Crippen LogP contribution in [0.1, 0.15) is 33.1 Å². The first-order valence-electron chi connectivity index (χ1n) is 5.47. The molecule has 0 N–H and O–H groups in total. The maximum Gasteiger partial charge on any atom is 0.163 e. The molecule has 0 spiro atoms. The summed E-state index contributed by atoms with van der Waals surface area (Å²) in [5.74, 6) is 2.16. The summed E-state index contributed by atoms with van der Waals surface area (Å²) in [6, 6.07) is 0. The second kappa shape index (κ2) is 6.12. The molecule has 15 heavy (non-hydrogen) atoms. The van der Waals surface area contributed by atoms with Gasteiger partial charge in [-0.25, -0.2) is 0 Å². The number of hydrogen-bond acceptors (Lipinski definition) is 3. The van der Waals surface area contributed by atoms with Crippen molar-refractivity contribution in [2.45, 2.75) is 45.0 Å². The molecule has 1 unspecified atom stereocenters. The van der Waals surface area contributed by atoms with Gasteiger partial charge in [0.05, 0.1) is 13.2 Å². The minimum Gasteiger partial charge on any atom is -0.379 e. The van der Waals surface area contributed by atoms with Gasteiger partial charge in [-0.3, -0.25) is 0 Å². The minimum atomic E-state index is -0.447. The zero-order chi connectivity index (χ0) is 11.1. The summed E-state index contributed by atoms with van der Waals surface area (Å²) in [4.78, 5) is 0. The Morgan fingerprint density at radius 3 is 2.87 bits per heavy atom. The molecule has 0 amide bonds. The van der Waals surface area contributed by atoms with Crippen LogP contribution in [0.5, 0.6) is 0 Å². The molecule has 3 nitrogen and oxygen atoms in total. The molecule has 1 atom stereocenters. The monoisotopic (exact) mass is 212 g/mol. The second-order valence-corrected chi connectivity index (χ2v) is 4.19. The fourth-order valence-corrected chi connectivity index (χ4v) is 1.49. The minimum absolute atomic E-state index is 0.0765. The maximum absolute atomic E-state index is 5.60. The molecule has 1 fully saturated rings. The van der Waals surface area contributed by atoms with E-state index in [-0.39, 0.29) is 6.10 Å². The normalized spacial score (nSPS) is 23.9. The lowest BCUT2D eigenvalue weighted by Gasteiger charge is -2.16. The molecule has 0 bridgehead atoms. The number of rotatable bonds is 6. The number of hydrogen-bond donors (Lipinski definition) is 0. The third-order valence-electron chi connectivity index (χ3n) is 2.23. The largest absolute Gasteiger partial charge is 0.379 e. The van der Waals surface area contributed by atoms with E-state index in [1.165, 1.54) is 0 Å². The van der Waals surface area contributed by atoms with E-state index in [0.717, 1.165) is 25.9 Å². The lowest BCUT2D eigenvalue weighted by Crippen LogP contribution is -2.24. The first-order valence-corrected chi connectivity index (χ1v) is 5.47. The predicted molar refractivity (Wildman–Crippen MR) is 58.4 cm³/mol. The van der Waals surface area contributed by atoms with E-state index in [1.54, 1.807) is 0 Å². The van der Waals surface area contributed by atoms with Gasteiger partial charge in [-0.1, -0.05) is 0 Å². The molecule has 3 heteroatoms. The molecule has 1 rings (SSSR count). The number of ether oxygens (including phenoxy) is 3. The first kappa shape index (κ1) is 12.5. The summed E-state index contributed by atoms with van der Waals surface area (Å²) in [5.41, 5.74) is 0. The predicted octanol–water partition coefficient (Wildman–Crippen LogP) is 1.96. The summed E-state index contributed by atoms with van der Waals surface area (Å²) >= 11 is 0. The summed E-state index contributed by atoms with van der Waals surface area (Å²) in [6.07, 6.45) is 8.10. The number of unbranched alkanes of at least 4 members (excludes halogenated alkanes) is 2. The molecular formula is C12H20O3. The average molecular weight is 212 g/mol. The third-order valence-corrected chi connectivity index (χ3v) is 2.23. The SMILES string of the molecule is C#CCCCCOCC1COC(C)(C)O1. The Morgan fingerprint density at radius 2 is 2.27 bits per heavy atom. The van der Waals surface area contributed by atoms with Crippen LogP contribution in [0.2, 0.25) is 0 Å². The van der Waals surface area contributed by atoms with Crippen molar-refractivity contribution in [1.82, 2.24) is 0 Å². The van der Waals surface area contributed by atoms with Crippen molar-refractivity contribution in [2.75, 3.05) is 19.8 Å². The Morgan fingerprint density at radius 1 is 1.47 bits per heavy atom. The van der Waals surface area contributed by atoms with Gasteiger partial charge in [0.25, 0.3) is 0 Å². The van der Waals surface area contributed by atoms with Crippen molar-refractivity contribution in [3.63, 3.8) is 0 Å². The van der Waals surface area contributed by atoms with E-state index in [4.69, 9.17) is 20.6 Å². The zero-order valence-electron chi connectivity index (χ0n) is 9.62. The van der Waals surface area contributed by atoms with Crippen LogP contribution in [-0.2, 0) is 14.2 Å². The van der Waals surface area contributed by atoms with Gasteiger partial charge in [-0.05, 0) is 26.7 Å². The van der Waals surface area contributed by atoms with Gasteiger partial charge in [0.15, 0.2) is 5.79 Å². The van der Waals surface area contributed by atoms with Crippen LogP contribution < -0.4 is 0 Å². The van der Waals surface area contributed by atoms with Crippen molar-refractivity contribution in [2.24, 2.45) is 0 Å². The molecule has 0 saturated carbocycles. The Hall–Kier alpha value is -0.560. The first-order chi connectivity index (χ1) is 7.14. The van der Waals surface area contributed by atoms with Gasteiger partial charge >= 0.3 is 0 Å². The summed E-state index contributed by atoms with van der Waals surface area (Å²) in [5, 5.41) is 0. The topological polar surface area (TPSA) is 27.7 Å². The van der Waals surface area contributed by atoms with E-state index < -0.39 is 5.79 Å². The Kier molecular flexibility index (Phi) is 5.10. The average Bonchev–Trinajstić information content (AvgIpc) is 2.52. The van der Waals surface area contributed by atoms with E-state index in [0.29, 0.717) is 13.2 Å². The Balaban J connectivity index is 1.95. The molecule has 0 aromatic rings. The quantitative estimate of drug-likeness (QED) is 0.497. The summed E-state index contributed by atoms with van der Waals surface area (Å²) in [7, 11) is 0. The lowest BCUT2D eigenvalue weighted by molar-refractivity contribution is -0.145. The van der Waals surface area contributed by atoms with Crippen LogP contribution in [0.3, 0.4) is 0 Å². The van der Waals surface area contributed by atoms with Crippen LogP contribution in [0, 0.1) is 12.3 Å². The lowest BCUT2D eigenvalue weighted by atomic mass is 10.2. The Bertz CT molecular complexity index is 217. The van der Waals surface area contributed by atoms with Crippen LogP contribution in [0.25, 0.3) is 0 Å². The molecule has 0 radical (unpaired) electrons. The summed E-state index contributed by atoms with van der Waals surface area (Å²) < 4.78 is 16.5. The van der Waals surface area contributed by atoms with Crippen LogP contribution in [-0.4, -0.2) is 31.7 Å². The van der Waals surface area contributed by atoms with Gasteiger partial charge in [0, 0.05) is 13.0 Å². The van der Waals surface area contributed by atoms with Crippen LogP contribution >= 0.6 is 0 Å². The molecule has 1 aliphatic heterocycles. The smallest absolute Gasteiger partial charge is 0.163 e. The van der Waals surface area contributed by atoms with Gasteiger partial charge in [0.2, 0.25) is 0 Å².